The molecule has 0 aromatic carbocycles. The number of hydrogen-bond acceptors (Lipinski definition) is 6. The summed E-state index contributed by atoms with van der Waals surface area (Å²) in [6.45, 7) is 0. The third-order valence-electron chi connectivity index (χ3n) is 2.82. The van der Waals surface area contributed by atoms with Crippen molar-refractivity contribution in [1.29, 1.82) is 0 Å². The summed E-state index contributed by atoms with van der Waals surface area (Å²) in [7, 11) is 1.48. The summed E-state index contributed by atoms with van der Waals surface area (Å²) in [6.07, 6.45) is 3.24. The van der Waals surface area contributed by atoms with Crippen molar-refractivity contribution in [2.45, 2.75) is 12.6 Å². The normalized spacial score (nSPS) is 17.8. The lowest BCUT2D eigenvalue weighted by Gasteiger charge is -2.14. The summed E-state index contributed by atoms with van der Waals surface area (Å²) in [4.78, 5) is 12.0. The van der Waals surface area contributed by atoms with Gasteiger partial charge in [-0.1, -0.05) is 0 Å². The van der Waals surface area contributed by atoms with Gasteiger partial charge in [0.1, 0.15) is 29.9 Å². The van der Waals surface area contributed by atoms with E-state index in [0.717, 1.165) is 0 Å². The van der Waals surface area contributed by atoms with Crippen LogP contribution in [0.2, 0.25) is 0 Å². The van der Waals surface area contributed by atoms with Crippen molar-refractivity contribution in [3.63, 3.8) is 0 Å². The molecule has 7 nitrogen and oxygen atoms in total. The van der Waals surface area contributed by atoms with Crippen LogP contribution in [-0.2, 0) is 4.74 Å². The first-order chi connectivity index (χ1) is 9.19. The molecule has 0 saturated heterocycles. The van der Waals surface area contributed by atoms with Crippen LogP contribution >= 0.6 is 0 Å². The number of rotatable bonds is 2. The van der Waals surface area contributed by atoms with E-state index < -0.39 is 6.17 Å². The molecule has 1 aliphatic rings. The molecule has 0 bridgehead atoms. The lowest BCUT2D eigenvalue weighted by molar-refractivity contribution is 0.315. The molecule has 2 heterocycles. The molecule has 2 N–H and O–H groups in total. The van der Waals surface area contributed by atoms with Gasteiger partial charge in [-0.05, 0) is 6.08 Å². The predicted molar refractivity (Wildman–Crippen MR) is 65.0 cm³/mol. The average Bonchev–Trinajstić information content (AvgIpc) is 2.91. The van der Waals surface area contributed by atoms with E-state index in [2.05, 4.69) is 20.1 Å². The Hall–Kier alpha value is -2.51. The van der Waals surface area contributed by atoms with Crippen molar-refractivity contribution >= 4 is 17.8 Å². The molecule has 1 atom stereocenters. The van der Waals surface area contributed by atoms with Crippen LogP contribution in [0.3, 0.4) is 0 Å². The minimum Gasteiger partial charge on any atom is -0.499 e. The van der Waals surface area contributed by atoms with Gasteiger partial charge in [-0.2, -0.15) is 10.1 Å². The number of alkyl halides is 1. The summed E-state index contributed by atoms with van der Waals surface area (Å²) in [5.41, 5.74) is 5.68. The minimum absolute atomic E-state index is 0.0736. The number of nitrogens with two attached hydrogens (primary N) is 1. The standard InChI is InChI=1S/C11H11FN6O/c1-19-8-3-6(12)2-7-9(8)16-11(13)17-10(7)18-5-14-4-15-18/h2,4-6H,3H2,1H3,(H2,13,16). The Kier molecular flexibility index (Phi) is 2.62. The van der Waals surface area contributed by atoms with Crippen molar-refractivity contribution < 1.29 is 9.13 Å². The zero-order valence-electron chi connectivity index (χ0n) is 10.1. The Balaban J connectivity index is 2.41. The molecule has 2 aromatic heterocycles. The molecule has 8 heteroatoms. The molecular formula is C11H11FN6O. The van der Waals surface area contributed by atoms with E-state index in [0.29, 0.717) is 22.1 Å². The Morgan fingerprint density at radius 1 is 1.47 bits per heavy atom. The first-order valence-corrected chi connectivity index (χ1v) is 5.60. The van der Waals surface area contributed by atoms with Gasteiger partial charge in [0, 0.05) is 11.6 Å². The third-order valence-corrected chi connectivity index (χ3v) is 2.82. The van der Waals surface area contributed by atoms with Crippen LogP contribution in [0.5, 0.6) is 0 Å². The summed E-state index contributed by atoms with van der Waals surface area (Å²) in [6, 6.07) is 0. The second-order valence-corrected chi connectivity index (χ2v) is 4.02. The van der Waals surface area contributed by atoms with Crippen LogP contribution in [0.25, 0.3) is 17.7 Å². The van der Waals surface area contributed by atoms with Crippen molar-refractivity contribution in [3.8, 4) is 5.82 Å². The number of hydrogen-bond donors (Lipinski definition) is 1. The minimum atomic E-state index is -1.16. The van der Waals surface area contributed by atoms with E-state index in [1.165, 1.54) is 30.5 Å². The second-order valence-electron chi connectivity index (χ2n) is 4.02. The zero-order chi connectivity index (χ0) is 13.4. The lowest BCUT2D eigenvalue weighted by atomic mass is 10.1. The van der Waals surface area contributed by atoms with Crippen LogP contribution in [0, 0.1) is 0 Å². The van der Waals surface area contributed by atoms with Crippen molar-refractivity contribution in [2.24, 2.45) is 0 Å². The van der Waals surface area contributed by atoms with E-state index in [4.69, 9.17) is 10.5 Å². The van der Waals surface area contributed by atoms with Crippen LogP contribution in [-0.4, -0.2) is 38.0 Å². The number of halogens is 1. The molecular weight excluding hydrogens is 251 g/mol. The highest BCUT2D eigenvalue weighted by atomic mass is 19.1. The van der Waals surface area contributed by atoms with Gasteiger partial charge < -0.3 is 10.5 Å². The fourth-order valence-electron chi connectivity index (χ4n) is 2.03. The molecule has 0 radical (unpaired) electrons. The summed E-state index contributed by atoms with van der Waals surface area (Å²) < 4.78 is 20.3. The average molecular weight is 262 g/mol. The smallest absolute Gasteiger partial charge is 0.222 e. The number of ether oxygens (including phenoxy) is 1. The van der Waals surface area contributed by atoms with Gasteiger partial charge in [0.15, 0.2) is 5.82 Å². The lowest BCUT2D eigenvalue weighted by Crippen LogP contribution is -2.40. The summed E-state index contributed by atoms with van der Waals surface area (Å²) in [5, 5.41) is 4.98. The van der Waals surface area contributed by atoms with Gasteiger partial charge in [0.25, 0.3) is 0 Å². The van der Waals surface area contributed by atoms with Gasteiger partial charge in [0.05, 0.1) is 7.11 Å². The van der Waals surface area contributed by atoms with Crippen molar-refractivity contribution in [3.05, 3.63) is 23.2 Å². The number of nitrogen functional groups attached to an aromatic ring is 1. The van der Waals surface area contributed by atoms with E-state index in [1.54, 1.807) is 0 Å². The highest BCUT2D eigenvalue weighted by Crippen LogP contribution is 2.13. The molecule has 1 unspecified atom stereocenters. The zero-order valence-corrected chi connectivity index (χ0v) is 10.1. The fraction of sp³-hybridized carbons (Fsp3) is 0.273. The third kappa shape index (κ3) is 1.90. The Labute approximate surface area is 107 Å². The van der Waals surface area contributed by atoms with Crippen LogP contribution in [0.1, 0.15) is 6.42 Å². The fourth-order valence-corrected chi connectivity index (χ4v) is 2.03. The topological polar surface area (TPSA) is 91.7 Å². The number of methoxy groups -OCH3 is 1. The first kappa shape index (κ1) is 11.6. The van der Waals surface area contributed by atoms with Gasteiger partial charge in [-0.25, -0.2) is 19.0 Å². The SMILES string of the molecule is COC1=c2nc(N)nc(-n3cncn3)c2=CC(F)C1. The molecule has 0 saturated carbocycles. The van der Waals surface area contributed by atoms with E-state index >= 15 is 0 Å². The molecule has 2 aromatic rings. The number of nitrogens with zero attached hydrogens (tertiary/aromatic N) is 5. The first-order valence-electron chi connectivity index (χ1n) is 5.60. The molecule has 0 spiro atoms. The second kappa shape index (κ2) is 4.30. The summed E-state index contributed by atoms with van der Waals surface area (Å²) >= 11 is 0. The highest BCUT2D eigenvalue weighted by Gasteiger charge is 2.18. The van der Waals surface area contributed by atoms with Gasteiger partial charge >= 0.3 is 0 Å². The Bertz CT molecular complexity index is 726. The molecule has 0 amide bonds. The van der Waals surface area contributed by atoms with Crippen LogP contribution in [0.4, 0.5) is 10.3 Å². The molecule has 98 valence electrons. The monoisotopic (exact) mass is 262 g/mol. The molecule has 0 aliphatic heterocycles. The van der Waals surface area contributed by atoms with Gasteiger partial charge in [-0.15, -0.1) is 0 Å². The maximum atomic E-state index is 13.7. The maximum absolute atomic E-state index is 13.7. The van der Waals surface area contributed by atoms with Gasteiger partial charge in [0.2, 0.25) is 5.95 Å². The molecule has 1 aliphatic carbocycles. The van der Waals surface area contributed by atoms with Crippen LogP contribution < -0.4 is 16.3 Å². The molecule has 19 heavy (non-hydrogen) atoms. The number of aromatic nitrogens is 5. The quantitative estimate of drug-likeness (QED) is 0.740. The highest BCUT2D eigenvalue weighted by molar-refractivity contribution is 5.51. The van der Waals surface area contributed by atoms with E-state index in [1.807, 2.05) is 0 Å². The van der Waals surface area contributed by atoms with Crippen molar-refractivity contribution in [1.82, 2.24) is 24.7 Å². The maximum Gasteiger partial charge on any atom is 0.222 e. The largest absolute Gasteiger partial charge is 0.499 e. The Morgan fingerprint density at radius 3 is 3.00 bits per heavy atom. The molecule has 3 rings (SSSR count). The molecule has 0 fully saturated rings. The van der Waals surface area contributed by atoms with E-state index in [-0.39, 0.29) is 12.4 Å². The van der Waals surface area contributed by atoms with Crippen molar-refractivity contribution in [2.75, 3.05) is 12.8 Å². The number of fused-ring (bicyclic) bond motifs is 1. The van der Waals surface area contributed by atoms with Gasteiger partial charge in [-0.3, -0.25) is 0 Å². The van der Waals surface area contributed by atoms with E-state index in [9.17, 15) is 4.39 Å². The Morgan fingerprint density at radius 2 is 2.32 bits per heavy atom. The number of anilines is 1. The van der Waals surface area contributed by atoms with Crippen LogP contribution in [0.15, 0.2) is 12.7 Å². The summed E-state index contributed by atoms with van der Waals surface area (Å²) in [5.74, 6) is 0.905. The predicted octanol–water partition coefficient (Wildman–Crippen LogP) is -1.08.